The minimum absolute atomic E-state index is 0.138. The van der Waals surface area contributed by atoms with E-state index in [2.05, 4.69) is 5.92 Å². The van der Waals surface area contributed by atoms with Crippen LogP contribution in [0.3, 0.4) is 0 Å². The number of carbonyl (C=O) groups is 2. The molecule has 1 saturated carbocycles. The summed E-state index contributed by atoms with van der Waals surface area (Å²) in [5, 5.41) is 8.77. The fourth-order valence-electron chi connectivity index (χ4n) is 3.19. The van der Waals surface area contributed by atoms with Crippen LogP contribution in [0.25, 0.3) is 0 Å². The van der Waals surface area contributed by atoms with E-state index in [1.54, 1.807) is 23.1 Å². The lowest BCUT2D eigenvalue weighted by Crippen LogP contribution is -2.41. The van der Waals surface area contributed by atoms with E-state index in [0.717, 1.165) is 25.7 Å². The van der Waals surface area contributed by atoms with Crippen molar-refractivity contribution in [2.24, 2.45) is 0 Å². The van der Waals surface area contributed by atoms with Gasteiger partial charge in [-0.25, -0.2) is 4.79 Å². The highest BCUT2D eigenvalue weighted by atomic mass is 16.5. The summed E-state index contributed by atoms with van der Waals surface area (Å²) in [5.74, 6) is 2.02. The molecule has 1 amide bonds. The van der Waals surface area contributed by atoms with Crippen LogP contribution in [0.5, 0.6) is 11.5 Å². The number of carboxylic acid groups (broad SMARTS) is 1. The zero-order valence-electron chi connectivity index (χ0n) is 15.1. The molecule has 140 valence electrons. The van der Waals surface area contributed by atoms with E-state index in [1.165, 1.54) is 6.42 Å². The molecular weight excluding hydrogens is 334 g/mol. The Kier molecular flexibility index (Phi) is 7.34. The Labute approximate surface area is 154 Å². The molecule has 0 radical (unpaired) electrons. The first-order valence-electron chi connectivity index (χ1n) is 8.92. The first-order chi connectivity index (χ1) is 12.6. The molecule has 1 aliphatic rings. The molecule has 0 atom stereocenters. The second-order valence-electron chi connectivity index (χ2n) is 6.21. The molecule has 6 heteroatoms. The van der Waals surface area contributed by atoms with Crippen molar-refractivity contribution in [2.75, 3.05) is 19.8 Å². The highest BCUT2D eigenvalue weighted by Crippen LogP contribution is 2.30. The number of hydrogen-bond donors (Lipinski definition) is 1. The second kappa shape index (κ2) is 9.71. The maximum absolute atomic E-state index is 13.0. The molecule has 1 aromatic carbocycles. The normalized spacial score (nSPS) is 14.3. The van der Waals surface area contributed by atoms with E-state index < -0.39 is 12.6 Å². The molecule has 0 unspecified atom stereocenters. The van der Waals surface area contributed by atoms with Gasteiger partial charge in [-0.1, -0.05) is 25.2 Å². The van der Waals surface area contributed by atoms with E-state index in [1.807, 2.05) is 6.92 Å². The molecule has 1 aromatic rings. The molecule has 1 aliphatic carbocycles. The van der Waals surface area contributed by atoms with Crippen molar-refractivity contribution in [3.05, 3.63) is 23.8 Å². The van der Waals surface area contributed by atoms with Gasteiger partial charge in [0, 0.05) is 11.6 Å². The first-order valence-corrected chi connectivity index (χ1v) is 8.92. The van der Waals surface area contributed by atoms with Gasteiger partial charge in [0.15, 0.2) is 18.1 Å². The van der Waals surface area contributed by atoms with Gasteiger partial charge in [0.2, 0.25) is 0 Å². The van der Waals surface area contributed by atoms with Crippen molar-refractivity contribution in [3.8, 4) is 23.8 Å². The van der Waals surface area contributed by atoms with Gasteiger partial charge in [-0.2, -0.15) is 0 Å². The lowest BCUT2D eigenvalue weighted by molar-refractivity contribution is -0.139. The average Bonchev–Trinajstić information content (AvgIpc) is 2.65. The number of nitrogens with zero attached hydrogens (tertiary/aromatic N) is 1. The van der Waals surface area contributed by atoms with E-state index in [9.17, 15) is 9.59 Å². The van der Waals surface area contributed by atoms with Crippen LogP contribution < -0.4 is 9.47 Å². The molecule has 2 rings (SSSR count). The van der Waals surface area contributed by atoms with Gasteiger partial charge in [-0.15, -0.1) is 6.42 Å². The molecule has 26 heavy (non-hydrogen) atoms. The Morgan fingerprint density at radius 3 is 2.58 bits per heavy atom. The molecule has 0 heterocycles. The topological polar surface area (TPSA) is 76.1 Å². The first kappa shape index (κ1) is 19.6. The van der Waals surface area contributed by atoms with Crippen molar-refractivity contribution in [2.45, 2.75) is 45.1 Å². The van der Waals surface area contributed by atoms with Crippen LogP contribution in [0.1, 0.15) is 49.4 Å². The molecule has 1 fully saturated rings. The quantitative estimate of drug-likeness (QED) is 0.722. The maximum atomic E-state index is 13.0. The summed E-state index contributed by atoms with van der Waals surface area (Å²) in [6.45, 7) is 1.98. The van der Waals surface area contributed by atoms with E-state index in [0.29, 0.717) is 23.7 Å². The van der Waals surface area contributed by atoms with Crippen molar-refractivity contribution < 1.29 is 24.2 Å². The number of rotatable bonds is 8. The zero-order chi connectivity index (χ0) is 18.9. The van der Waals surface area contributed by atoms with Crippen molar-refractivity contribution in [1.82, 2.24) is 4.90 Å². The lowest BCUT2D eigenvalue weighted by atomic mass is 9.93. The van der Waals surface area contributed by atoms with Gasteiger partial charge in [0.25, 0.3) is 5.91 Å². The number of terminal acetylenes is 1. The van der Waals surface area contributed by atoms with Gasteiger partial charge in [0.1, 0.15) is 0 Å². The smallest absolute Gasteiger partial charge is 0.341 e. The summed E-state index contributed by atoms with van der Waals surface area (Å²) in [5.41, 5.74) is 0.456. The van der Waals surface area contributed by atoms with E-state index >= 15 is 0 Å². The molecule has 0 saturated heterocycles. The zero-order valence-corrected chi connectivity index (χ0v) is 15.1. The van der Waals surface area contributed by atoms with Crippen LogP contribution in [0.4, 0.5) is 0 Å². The van der Waals surface area contributed by atoms with Gasteiger partial charge in [-0.05, 0) is 38.0 Å². The SMILES string of the molecule is C#CCN(C(=O)c1ccc(OCC(=O)O)c(OCC)c1)C1CCCCC1. The number of carbonyl (C=O) groups excluding carboxylic acids is 1. The van der Waals surface area contributed by atoms with Crippen LogP contribution in [0.15, 0.2) is 18.2 Å². The summed E-state index contributed by atoms with van der Waals surface area (Å²) in [6, 6.07) is 4.94. The fraction of sp³-hybridized carbons (Fsp3) is 0.500. The molecule has 6 nitrogen and oxygen atoms in total. The van der Waals surface area contributed by atoms with Crippen LogP contribution in [0, 0.1) is 12.3 Å². The number of benzene rings is 1. The molecule has 0 bridgehead atoms. The Bertz CT molecular complexity index is 673. The standard InChI is InChI=1S/C20H25NO5/c1-3-12-21(16-8-6-5-7-9-16)20(24)15-10-11-17(26-14-19(22)23)18(13-15)25-4-2/h1,10-11,13,16H,4-9,12,14H2,2H3,(H,22,23). The monoisotopic (exact) mass is 359 g/mol. The third kappa shape index (κ3) is 5.16. The fourth-order valence-corrected chi connectivity index (χ4v) is 3.19. The number of hydrogen-bond acceptors (Lipinski definition) is 4. The summed E-state index contributed by atoms with van der Waals surface area (Å²) in [6.07, 6.45) is 10.8. The summed E-state index contributed by atoms with van der Waals surface area (Å²) >= 11 is 0. The molecule has 0 aliphatic heterocycles. The highest BCUT2D eigenvalue weighted by molar-refractivity contribution is 5.95. The molecular formula is C20H25NO5. The number of carboxylic acids is 1. The molecule has 0 spiro atoms. The third-order valence-corrected chi connectivity index (χ3v) is 4.38. The predicted molar refractivity (Wildman–Crippen MR) is 97.5 cm³/mol. The Hall–Kier alpha value is -2.68. The van der Waals surface area contributed by atoms with Crippen molar-refractivity contribution in [1.29, 1.82) is 0 Å². The van der Waals surface area contributed by atoms with Gasteiger partial charge < -0.3 is 19.5 Å². The highest BCUT2D eigenvalue weighted by Gasteiger charge is 2.26. The average molecular weight is 359 g/mol. The van der Waals surface area contributed by atoms with Crippen LogP contribution in [0.2, 0.25) is 0 Å². The molecule has 0 aromatic heterocycles. The van der Waals surface area contributed by atoms with Gasteiger partial charge >= 0.3 is 5.97 Å². The van der Waals surface area contributed by atoms with Crippen molar-refractivity contribution in [3.63, 3.8) is 0 Å². The third-order valence-electron chi connectivity index (χ3n) is 4.38. The maximum Gasteiger partial charge on any atom is 0.341 e. The van der Waals surface area contributed by atoms with Crippen LogP contribution in [-0.4, -0.2) is 47.7 Å². The second-order valence-corrected chi connectivity index (χ2v) is 6.21. The van der Waals surface area contributed by atoms with E-state index in [-0.39, 0.29) is 18.5 Å². The summed E-state index contributed by atoms with van der Waals surface area (Å²) < 4.78 is 10.7. The van der Waals surface area contributed by atoms with Gasteiger partial charge in [-0.3, -0.25) is 4.79 Å². The minimum Gasteiger partial charge on any atom is -0.490 e. The number of amides is 1. The predicted octanol–water partition coefficient (Wildman–Crippen LogP) is 2.96. The van der Waals surface area contributed by atoms with Gasteiger partial charge in [0.05, 0.1) is 13.2 Å². The van der Waals surface area contributed by atoms with E-state index in [4.69, 9.17) is 21.0 Å². The largest absolute Gasteiger partial charge is 0.490 e. The van der Waals surface area contributed by atoms with Crippen LogP contribution in [-0.2, 0) is 4.79 Å². The van der Waals surface area contributed by atoms with Crippen LogP contribution >= 0.6 is 0 Å². The minimum atomic E-state index is -1.08. The Morgan fingerprint density at radius 1 is 1.23 bits per heavy atom. The Morgan fingerprint density at radius 2 is 1.96 bits per heavy atom. The number of aliphatic carboxylic acids is 1. The summed E-state index contributed by atoms with van der Waals surface area (Å²) in [4.78, 5) is 25.5. The number of ether oxygens (including phenoxy) is 2. The van der Waals surface area contributed by atoms with Crippen molar-refractivity contribution >= 4 is 11.9 Å². The lowest BCUT2D eigenvalue weighted by Gasteiger charge is -2.33. The molecule has 1 N–H and O–H groups in total. The Balaban J connectivity index is 2.23. The summed E-state index contributed by atoms with van der Waals surface area (Å²) in [7, 11) is 0.